The van der Waals surface area contributed by atoms with Crippen molar-refractivity contribution in [1.82, 2.24) is 0 Å². The summed E-state index contributed by atoms with van der Waals surface area (Å²) in [5.74, 6) is -0.00928. The largest absolute Gasteiger partial charge is 0.370 e. The van der Waals surface area contributed by atoms with Gasteiger partial charge in [-0.1, -0.05) is 28.1 Å². The predicted molar refractivity (Wildman–Crippen MR) is 72.5 cm³/mol. The highest BCUT2D eigenvalue weighted by molar-refractivity contribution is 9.10. The molecule has 1 rings (SSSR count). The van der Waals surface area contributed by atoms with E-state index in [1.807, 2.05) is 24.3 Å². The SMILES string of the molecule is Cl.NC(N)=NC(N)=NCc1ccc(Br)cc1. The molecule has 0 aliphatic carbocycles. The third kappa shape index (κ3) is 5.57. The summed E-state index contributed by atoms with van der Waals surface area (Å²) in [4.78, 5) is 7.60. The average molecular weight is 307 g/mol. The van der Waals surface area contributed by atoms with Gasteiger partial charge in [-0.25, -0.2) is 4.99 Å². The molecule has 0 fully saturated rings. The smallest absolute Gasteiger partial charge is 0.218 e. The lowest BCUT2D eigenvalue weighted by atomic mass is 10.2. The third-order valence-electron chi connectivity index (χ3n) is 1.58. The first-order chi connectivity index (χ1) is 7.08. The number of rotatable bonds is 2. The molecule has 1 aromatic carbocycles. The van der Waals surface area contributed by atoms with Gasteiger partial charge >= 0.3 is 0 Å². The number of nitrogens with two attached hydrogens (primary N) is 3. The van der Waals surface area contributed by atoms with Gasteiger partial charge in [-0.3, -0.25) is 0 Å². The second-order valence-corrected chi connectivity index (χ2v) is 3.75. The number of guanidine groups is 2. The molecule has 0 atom stereocenters. The standard InChI is InChI=1S/C9H12BrN5.ClH/c10-7-3-1-6(2-4-7)5-14-9(13)15-8(11)12;/h1-4H,5H2,(H6,11,12,13,14,15);1H. The number of aliphatic imine (C=N–C) groups is 2. The van der Waals surface area contributed by atoms with Crippen LogP contribution in [-0.2, 0) is 6.54 Å². The van der Waals surface area contributed by atoms with E-state index >= 15 is 0 Å². The predicted octanol–water partition coefficient (Wildman–Crippen LogP) is 0.959. The van der Waals surface area contributed by atoms with Gasteiger partial charge in [0.25, 0.3) is 0 Å². The van der Waals surface area contributed by atoms with Crippen LogP contribution in [0, 0.1) is 0 Å². The molecule has 0 saturated carbocycles. The van der Waals surface area contributed by atoms with E-state index in [2.05, 4.69) is 25.9 Å². The Morgan fingerprint density at radius 1 is 1.12 bits per heavy atom. The van der Waals surface area contributed by atoms with Crippen LogP contribution in [-0.4, -0.2) is 11.9 Å². The highest BCUT2D eigenvalue weighted by Crippen LogP contribution is 2.10. The van der Waals surface area contributed by atoms with Gasteiger partial charge in [-0.15, -0.1) is 12.4 Å². The molecule has 1 aromatic rings. The van der Waals surface area contributed by atoms with Crippen molar-refractivity contribution in [2.45, 2.75) is 6.54 Å². The summed E-state index contributed by atoms with van der Waals surface area (Å²) in [6.45, 7) is 0.454. The minimum Gasteiger partial charge on any atom is -0.370 e. The zero-order valence-corrected chi connectivity index (χ0v) is 10.8. The van der Waals surface area contributed by atoms with Crippen molar-refractivity contribution in [3.8, 4) is 0 Å². The number of hydrogen-bond acceptors (Lipinski definition) is 1. The summed E-state index contributed by atoms with van der Waals surface area (Å²) in [5, 5.41) is 0. The lowest BCUT2D eigenvalue weighted by Gasteiger charge is -1.97. The Hall–Kier alpha value is -1.27. The number of halogens is 2. The fraction of sp³-hybridized carbons (Fsp3) is 0.111. The lowest BCUT2D eigenvalue weighted by molar-refractivity contribution is 1.05. The van der Waals surface area contributed by atoms with E-state index in [-0.39, 0.29) is 24.3 Å². The lowest BCUT2D eigenvalue weighted by Crippen LogP contribution is -2.26. The van der Waals surface area contributed by atoms with E-state index in [0.29, 0.717) is 6.54 Å². The third-order valence-corrected chi connectivity index (χ3v) is 2.11. The van der Waals surface area contributed by atoms with Crippen molar-refractivity contribution in [2.24, 2.45) is 27.2 Å². The molecule has 16 heavy (non-hydrogen) atoms. The van der Waals surface area contributed by atoms with E-state index in [4.69, 9.17) is 17.2 Å². The van der Waals surface area contributed by atoms with Crippen molar-refractivity contribution in [1.29, 1.82) is 0 Å². The maximum atomic E-state index is 5.45. The molecule has 5 nitrogen and oxygen atoms in total. The summed E-state index contributed by atoms with van der Waals surface area (Å²) in [6.07, 6.45) is 0. The maximum absolute atomic E-state index is 5.45. The van der Waals surface area contributed by atoms with Crippen molar-refractivity contribution in [2.75, 3.05) is 0 Å². The Morgan fingerprint density at radius 2 is 1.69 bits per heavy atom. The van der Waals surface area contributed by atoms with Gasteiger partial charge in [-0.2, -0.15) is 4.99 Å². The van der Waals surface area contributed by atoms with Crippen LogP contribution in [0.25, 0.3) is 0 Å². The molecule has 0 unspecified atom stereocenters. The van der Waals surface area contributed by atoms with Crippen LogP contribution in [0.5, 0.6) is 0 Å². The highest BCUT2D eigenvalue weighted by Gasteiger charge is 1.92. The second kappa shape index (κ2) is 7.08. The molecule has 0 spiro atoms. The van der Waals surface area contributed by atoms with Gasteiger partial charge in [0.2, 0.25) is 5.96 Å². The first kappa shape index (κ1) is 14.7. The molecular weight excluding hydrogens is 293 g/mol. The van der Waals surface area contributed by atoms with Crippen molar-refractivity contribution >= 4 is 40.3 Å². The summed E-state index contributed by atoms with van der Waals surface area (Å²) < 4.78 is 1.02. The number of benzene rings is 1. The number of hydrogen-bond donors (Lipinski definition) is 3. The van der Waals surface area contributed by atoms with E-state index in [0.717, 1.165) is 10.0 Å². The van der Waals surface area contributed by atoms with Crippen LogP contribution in [0.1, 0.15) is 5.56 Å². The summed E-state index contributed by atoms with van der Waals surface area (Å²) in [7, 11) is 0. The maximum Gasteiger partial charge on any atom is 0.218 e. The molecule has 0 aliphatic rings. The van der Waals surface area contributed by atoms with Crippen LogP contribution in [0.4, 0.5) is 0 Å². The average Bonchev–Trinajstić information content (AvgIpc) is 2.16. The van der Waals surface area contributed by atoms with Crippen LogP contribution >= 0.6 is 28.3 Å². The Balaban J connectivity index is 0.00000225. The van der Waals surface area contributed by atoms with Crippen LogP contribution in [0.15, 0.2) is 38.7 Å². The first-order valence-electron chi connectivity index (χ1n) is 4.22. The molecule has 88 valence electrons. The van der Waals surface area contributed by atoms with Gasteiger partial charge < -0.3 is 17.2 Å². The topological polar surface area (TPSA) is 103 Å². The molecular formula is C9H13BrClN5. The van der Waals surface area contributed by atoms with Crippen LogP contribution < -0.4 is 17.2 Å². The molecule has 0 amide bonds. The molecule has 0 aliphatic heterocycles. The first-order valence-corrected chi connectivity index (χ1v) is 5.01. The molecule has 0 heterocycles. The Labute approximate surface area is 108 Å². The highest BCUT2D eigenvalue weighted by atomic mass is 79.9. The minimum absolute atomic E-state index is 0. The minimum atomic E-state index is -0.0907. The molecule has 6 N–H and O–H groups in total. The van der Waals surface area contributed by atoms with Gasteiger partial charge in [0.1, 0.15) is 0 Å². The van der Waals surface area contributed by atoms with Crippen LogP contribution in [0.2, 0.25) is 0 Å². The van der Waals surface area contributed by atoms with Crippen molar-refractivity contribution in [3.63, 3.8) is 0 Å². The quantitative estimate of drug-likeness (QED) is 0.560. The molecule has 0 bridgehead atoms. The van der Waals surface area contributed by atoms with Crippen molar-refractivity contribution < 1.29 is 0 Å². The van der Waals surface area contributed by atoms with Gasteiger partial charge in [-0.05, 0) is 17.7 Å². The van der Waals surface area contributed by atoms with Gasteiger partial charge in [0, 0.05) is 4.47 Å². The van der Waals surface area contributed by atoms with Crippen molar-refractivity contribution in [3.05, 3.63) is 34.3 Å². The monoisotopic (exact) mass is 305 g/mol. The Kier molecular flexibility index (Phi) is 6.52. The van der Waals surface area contributed by atoms with Crippen LogP contribution in [0.3, 0.4) is 0 Å². The van der Waals surface area contributed by atoms with E-state index in [1.165, 1.54) is 0 Å². The summed E-state index contributed by atoms with van der Waals surface area (Å²) >= 11 is 3.34. The zero-order valence-electron chi connectivity index (χ0n) is 8.43. The van der Waals surface area contributed by atoms with Gasteiger partial charge in [0.15, 0.2) is 5.96 Å². The summed E-state index contributed by atoms with van der Waals surface area (Å²) in [6, 6.07) is 7.75. The molecule has 0 radical (unpaired) electrons. The molecule has 7 heteroatoms. The van der Waals surface area contributed by atoms with E-state index in [9.17, 15) is 0 Å². The fourth-order valence-corrected chi connectivity index (χ4v) is 1.19. The Bertz CT molecular complexity index is 383. The molecule has 0 aromatic heterocycles. The fourth-order valence-electron chi connectivity index (χ4n) is 0.930. The zero-order chi connectivity index (χ0) is 11.3. The second-order valence-electron chi connectivity index (χ2n) is 2.84. The van der Waals surface area contributed by atoms with E-state index in [1.54, 1.807) is 0 Å². The number of nitrogens with zero attached hydrogens (tertiary/aromatic N) is 2. The molecule has 0 saturated heterocycles. The van der Waals surface area contributed by atoms with E-state index < -0.39 is 0 Å². The summed E-state index contributed by atoms with van der Waals surface area (Å²) in [5.41, 5.74) is 16.8. The normalized spacial score (nSPS) is 10.4. The Morgan fingerprint density at radius 3 is 2.19 bits per heavy atom. The van der Waals surface area contributed by atoms with Gasteiger partial charge in [0.05, 0.1) is 6.54 Å².